The molecule has 0 fully saturated rings. The number of nitrogens with zero attached hydrogens (tertiary/aromatic N) is 2. The van der Waals surface area contributed by atoms with Crippen molar-refractivity contribution in [2.45, 2.75) is 0 Å². The fourth-order valence-electron chi connectivity index (χ4n) is 2.98. The van der Waals surface area contributed by atoms with Gasteiger partial charge in [0.15, 0.2) is 0 Å². The Morgan fingerprint density at radius 3 is 2.24 bits per heavy atom. The summed E-state index contributed by atoms with van der Waals surface area (Å²) in [5.41, 5.74) is 4.60. The standard InChI is InChI=1S/C17H14N4O8/c1-27-15(22)6-5-9(16(23)28-2)19-12-8(18)4-7-11(10(6)12)20-13(17(24)29-3)14(7)21(25)26/h4-5,19H,18H2,1-3H3. The molecular weight excluding hydrogens is 388 g/mol. The summed E-state index contributed by atoms with van der Waals surface area (Å²) in [6.45, 7) is 0. The number of hydrogen-bond donors (Lipinski definition) is 2. The van der Waals surface area contributed by atoms with Gasteiger partial charge in [0.05, 0.1) is 53.9 Å². The number of methoxy groups -OCH3 is 3. The summed E-state index contributed by atoms with van der Waals surface area (Å²) >= 11 is 0. The normalized spacial score (nSPS) is 10.7. The molecule has 29 heavy (non-hydrogen) atoms. The highest BCUT2D eigenvalue weighted by Gasteiger charge is 2.32. The zero-order valence-electron chi connectivity index (χ0n) is 15.4. The monoisotopic (exact) mass is 402 g/mol. The number of aromatic amines is 1. The molecule has 0 unspecified atom stereocenters. The quantitative estimate of drug-likeness (QED) is 0.214. The SMILES string of the molecule is COC(=O)c1cc(C(=O)OC)c2c([nH]1)c(N)cc1c([N+](=O)[O-])c(C(=O)OC)nc12. The molecule has 3 aromatic rings. The highest BCUT2D eigenvalue weighted by Crippen LogP contribution is 2.39. The minimum atomic E-state index is -1.03. The van der Waals surface area contributed by atoms with Crippen molar-refractivity contribution in [1.29, 1.82) is 0 Å². The van der Waals surface area contributed by atoms with Crippen molar-refractivity contribution in [2.75, 3.05) is 27.1 Å². The van der Waals surface area contributed by atoms with Crippen LogP contribution in [0.25, 0.3) is 21.8 Å². The Hall–Kier alpha value is -4.22. The first kappa shape index (κ1) is 19.5. The second-order valence-electron chi connectivity index (χ2n) is 5.75. The third-order valence-corrected chi connectivity index (χ3v) is 4.22. The third kappa shape index (κ3) is 2.96. The summed E-state index contributed by atoms with van der Waals surface area (Å²) < 4.78 is 14.0. The van der Waals surface area contributed by atoms with E-state index in [1.54, 1.807) is 0 Å². The van der Waals surface area contributed by atoms with Crippen molar-refractivity contribution in [1.82, 2.24) is 9.97 Å². The van der Waals surface area contributed by atoms with Crippen LogP contribution < -0.4 is 5.73 Å². The van der Waals surface area contributed by atoms with E-state index in [2.05, 4.69) is 19.4 Å². The number of rotatable bonds is 4. The summed E-state index contributed by atoms with van der Waals surface area (Å²) in [5.74, 6) is -2.67. The van der Waals surface area contributed by atoms with E-state index >= 15 is 0 Å². The lowest BCUT2D eigenvalue weighted by Gasteiger charge is -2.11. The van der Waals surface area contributed by atoms with E-state index in [-0.39, 0.29) is 38.8 Å². The first-order valence-electron chi connectivity index (χ1n) is 7.93. The van der Waals surface area contributed by atoms with Gasteiger partial charge in [0.25, 0.3) is 0 Å². The van der Waals surface area contributed by atoms with E-state index in [9.17, 15) is 24.5 Å². The van der Waals surface area contributed by atoms with E-state index in [1.165, 1.54) is 6.07 Å². The average Bonchev–Trinajstić information content (AvgIpc) is 3.10. The number of nitro groups is 1. The van der Waals surface area contributed by atoms with E-state index in [1.807, 2.05) is 0 Å². The maximum atomic E-state index is 12.4. The van der Waals surface area contributed by atoms with Crippen LogP contribution in [0.4, 0.5) is 11.4 Å². The molecule has 2 heterocycles. The number of aromatic nitrogens is 2. The van der Waals surface area contributed by atoms with Gasteiger partial charge in [0.1, 0.15) is 5.69 Å². The van der Waals surface area contributed by atoms with Gasteiger partial charge in [-0.15, -0.1) is 0 Å². The fourth-order valence-corrected chi connectivity index (χ4v) is 2.98. The lowest BCUT2D eigenvalue weighted by atomic mass is 10.0. The van der Waals surface area contributed by atoms with Gasteiger partial charge < -0.3 is 24.9 Å². The zero-order valence-corrected chi connectivity index (χ0v) is 15.4. The van der Waals surface area contributed by atoms with Crippen LogP contribution in [0.15, 0.2) is 12.1 Å². The van der Waals surface area contributed by atoms with E-state index in [0.717, 1.165) is 27.4 Å². The van der Waals surface area contributed by atoms with Gasteiger partial charge >= 0.3 is 23.6 Å². The molecule has 0 amide bonds. The number of nitrogens with one attached hydrogen (secondary N) is 1. The second kappa shape index (κ2) is 7.07. The van der Waals surface area contributed by atoms with Gasteiger partial charge in [-0.2, -0.15) is 0 Å². The van der Waals surface area contributed by atoms with Gasteiger partial charge in [0, 0.05) is 5.39 Å². The Balaban J connectivity index is 2.57. The number of carbonyl (C=O) groups is 3. The Labute approximate surface area is 161 Å². The summed E-state index contributed by atoms with van der Waals surface area (Å²) in [6, 6.07) is 2.37. The summed E-state index contributed by atoms with van der Waals surface area (Å²) in [7, 11) is 3.32. The molecule has 0 saturated carbocycles. The number of pyridine rings is 1. The molecule has 0 aliphatic carbocycles. The summed E-state index contributed by atoms with van der Waals surface area (Å²) in [5, 5.41) is 11.5. The molecule has 0 radical (unpaired) electrons. The first-order valence-corrected chi connectivity index (χ1v) is 7.93. The van der Waals surface area contributed by atoms with Crippen LogP contribution in [0.2, 0.25) is 0 Å². The third-order valence-electron chi connectivity index (χ3n) is 4.22. The number of fused-ring (bicyclic) bond motifs is 3. The summed E-state index contributed by atoms with van der Waals surface area (Å²) in [6.07, 6.45) is 0. The molecule has 0 atom stereocenters. The molecule has 3 rings (SSSR count). The molecule has 0 aliphatic heterocycles. The Kier molecular flexibility index (Phi) is 4.76. The van der Waals surface area contributed by atoms with Crippen molar-refractivity contribution in [2.24, 2.45) is 0 Å². The topological polar surface area (TPSA) is 177 Å². The van der Waals surface area contributed by atoms with Crippen LogP contribution in [0.5, 0.6) is 0 Å². The predicted molar refractivity (Wildman–Crippen MR) is 98.7 cm³/mol. The predicted octanol–water partition coefficient (Wildman–Crippen LogP) is 1.57. The maximum Gasteiger partial charge on any atom is 0.363 e. The molecule has 0 bridgehead atoms. The number of ether oxygens (including phenoxy) is 3. The number of anilines is 1. The number of hydrogen-bond acceptors (Lipinski definition) is 10. The maximum absolute atomic E-state index is 12.4. The molecule has 2 aromatic heterocycles. The highest BCUT2D eigenvalue weighted by molar-refractivity contribution is 6.21. The van der Waals surface area contributed by atoms with E-state index in [4.69, 9.17) is 10.5 Å². The van der Waals surface area contributed by atoms with Crippen LogP contribution in [0.1, 0.15) is 31.3 Å². The largest absolute Gasteiger partial charge is 0.465 e. The molecule has 1 aromatic carbocycles. The molecule has 0 saturated heterocycles. The van der Waals surface area contributed by atoms with Crippen molar-refractivity contribution in [3.05, 3.63) is 39.2 Å². The van der Waals surface area contributed by atoms with Gasteiger partial charge in [-0.25, -0.2) is 19.4 Å². The van der Waals surface area contributed by atoms with Gasteiger partial charge in [0.2, 0.25) is 5.69 Å². The van der Waals surface area contributed by atoms with Gasteiger partial charge in [-0.1, -0.05) is 0 Å². The van der Waals surface area contributed by atoms with Gasteiger partial charge in [-0.3, -0.25) is 10.1 Å². The molecule has 12 heteroatoms. The fraction of sp³-hybridized carbons (Fsp3) is 0.176. The average molecular weight is 402 g/mol. The highest BCUT2D eigenvalue weighted by atomic mass is 16.6. The lowest BCUT2D eigenvalue weighted by molar-refractivity contribution is -0.383. The van der Waals surface area contributed by atoms with Crippen molar-refractivity contribution < 1.29 is 33.5 Å². The Morgan fingerprint density at radius 1 is 1.07 bits per heavy atom. The molecule has 150 valence electrons. The molecule has 12 nitrogen and oxygen atoms in total. The van der Waals surface area contributed by atoms with Crippen molar-refractivity contribution >= 4 is 51.1 Å². The lowest BCUT2D eigenvalue weighted by Crippen LogP contribution is -2.10. The molecular formula is C17H14N4O8. The van der Waals surface area contributed by atoms with Crippen LogP contribution in [-0.4, -0.2) is 54.1 Å². The second-order valence-corrected chi connectivity index (χ2v) is 5.75. The number of benzene rings is 1. The van der Waals surface area contributed by atoms with Crippen LogP contribution >= 0.6 is 0 Å². The van der Waals surface area contributed by atoms with Crippen molar-refractivity contribution in [3.63, 3.8) is 0 Å². The Bertz CT molecular complexity index is 1210. The number of H-pyrrole nitrogens is 1. The first-order chi connectivity index (χ1) is 13.7. The number of nitrogens with two attached hydrogens (primary N) is 1. The van der Waals surface area contributed by atoms with E-state index < -0.39 is 34.2 Å². The van der Waals surface area contributed by atoms with Crippen molar-refractivity contribution in [3.8, 4) is 0 Å². The molecule has 3 N–H and O–H groups in total. The van der Waals surface area contributed by atoms with Crippen LogP contribution in [0, 0.1) is 10.1 Å². The number of esters is 3. The van der Waals surface area contributed by atoms with Gasteiger partial charge in [-0.05, 0) is 12.1 Å². The van der Waals surface area contributed by atoms with Crippen LogP contribution in [-0.2, 0) is 14.2 Å². The summed E-state index contributed by atoms with van der Waals surface area (Å²) in [4.78, 5) is 53.9. The smallest absolute Gasteiger partial charge is 0.363 e. The zero-order chi connectivity index (χ0) is 21.5. The van der Waals surface area contributed by atoms with E-state index in [0.29, 0.717) is 0 Å². The number of nitrogen functional groups attached to an aromatic ring is 1. The molecule has 0 spiro atoms. The van der Waals surface area contributed by atoms with Crippen LogP contribution in [0.3, 0.4) is 0 Å². The Morgan fingerprint density at radius 2 is 1.69 bits per heavy atom. The minimum absolute atomic E-state index is 0.0321. The minimum Gasteiger partial charge on any atom is -0.465 e. The number of carbonyl (C=O) groups excluding carboxylic acids is 3. The molecule has 0 aliphatic rings.